The van der Waals surface area contributed by atoms with Gasteiger partial charge in [-0.2, -0.15) is 10.2 Å². The van der Waals surface area contributed by atoms with Gasteiger partial charge in [0.15, 0.2) is 5.69 Å². The summed E-state index contributed by atoms with van der Waals surface area (Å²) in [4.78, 5) is 37.2. The zero-order valence-electron chi connectivity index (χ0n) is 16.9. The summed E-state index contributed by atoms with van der Waals surface area (Å²) in [5, 5.41) is 9.33. The van der Waals surface area contributed by atoms with Crippen molar-refractivity contribution in [2.24, 2.45) is 7.05 Å². The van der Waals surface area contributed by atoms with Gasteiger partial charge in [-0.15, -0.1) is 0 Å². The fourth-order valence-corrected chi connectivity index (χ4v) is 3.28. The Labute approximate surface area is 167 Å². The summed E-state index contributed by atoms with van der Waals surface area (Å²) in [5.41, 5.74) is 7.57. The van der Waals surface area contributed by atoms with Crippen molar-refractivity contribution in [3.8, 4) is 0 Å². The van der Waals surface area contributed by atoms with E-state index in [1.54, 1.807) is 35.9 Å². The van der Waals surface area contributed by atoms with Gasteiger partial charge in [-0.1, -0.05) is 18.2 Å². The number of carbonyl (C=O) groups is 2. The molecule has 29 heavy (non-hydrogen) atoms. The Kier molecular flexibility index (Phi) is 5.76. The van der Waals surface area contributed by atoms with E-state index in [1.807, 2.05) is 20.9 Å². The molecule has 0 spiro atoms. The third kappa shape index (κ3) is 4.03. The highest BCUT2D eigenvalue weighted by atomic mass is 16.2. The van der Waals surface area contributed by atoms with Gasteiger partial charge in [0.05, 0.1) is 11.1 Å². The topological polar surface area (TPSA) is 111 Å². The predicted octanol–water partition coefficient (Wildman–Crippen LogP) is 1.16. The van der Waals surface area contributed by atoms with Crippen molar-refractivity contribution in [3.05, 3.63) is 57.3 Å². The fraction of sp³-hybridized carbons (Fsp3) is 0.350. The molecule has 2 amide bonds. The number of benzene rings is 1. The lowest BCUT2D eigenvalue weighted by molar-refractivity contribution is -0.121. The molecular formula is C20H24N6O3. The van der Waals surface area contributed by atoms with Crippen LogP contribution in [0.2, 0.25) is 0 Å². The summed E-state index contributed by atoms with van der Waals surface area (Å²) in [5.74, 6) is -0.903. The smallest absolute Gasteiger partial charge is 0.273 e. The number of hydrazine groups is 1. The fourth-order valence-electron chi connectivity index (χ4n) is 3.28. The number of hydrogen-bond donors (Lipinski definition) is 2. The van der Waals surface area contributed by atoms with E-state index in [1.165, 1.54) is 4.68 Å². The first kappa shape index (κ1) is 20.2. The second-order valence-corrected chi connectivity index (χ2v) is 6.79. The Morgan fingerprint density at radius 1 is 1.07 bits per heavy atom. The molecule has 2 heterocycles. The number of nitrogens with zero attached hydrogens (tertiary/aromatic N) is 4. The molecule has 0 bridgehead atoms. The molecule has 0 radical (unpaired) electrons. The maximum atomic E-state index is 12.6. The molecule has 9 heteroatoms. The van der Waals surface area contributed by atoms with Crippen molar-refractivity contribution >= 4 is 22.6 Å². The third-order valence-electron chi connectivity index (χ3n) is 4.96. The molecule has 2 aromatic heterocycles. The summed E-state index contributed by atoms with van der Waals surface area (Å²) in [6, 6.07) is 6.77. The average molecular weight is 396 g/mol. The van der Waals surface area contributed by atoms with Crippen LogP contribution in [0.5, 0.6) is 0 Å². The Morgan fingerprint density at radius 3 is 2.38 bits per heavy atom. The molecule has 9 nitrogen and oxygen atoms in total. The normalized spacial score (nSPS) is 10.9. The standard InChI is InChI=1S/C20H24N6O3/c1-5-26-20(29)16-9-7-6-8-15(16)18(24-26)19(28)22-21-17(27)11-10-14-12(2)23-25(4)13(14)3/h6-9H,5,10-11H2,1-4H3,(H,21,27)(H,22,28). The van der Waals surface area contributed by atoms with Gasteiger partial charge in [-0.3, -0.25) is 29.9 Å². The molecule has 0 saturated carbocycles. The van der Waals surface area contributed by atoms with E-state index in [-0.39, 0.29) is 23.6 Å². The van der Waals surface area contributed by atoms with Crippen molar-refractivity contribution in [3.63, 3.8) is 0 Å². The summed E-state index contributed by atoms with van der Waals surface area (Å²) < 4.78 is 3.01. The quantitative estimate of drug-likeness (QED) is 0.629. The lowest BCUT2D eigenvalue weighted by Gasteiger charge is -2.11. The maximum Gasteiger partial charge on any atom is 0.290 e. The minimum absolute atomic E-state index is 0.0845. The molecule has 2 N–H and O–H groups in total. The second kappa shape index (κ2) is 8.26. The number of nitrogens with one attached hydrogen (secondary N) is 2. The van der Waals surface area contributed by atoms with Gasteiger partial charge in [0.2, 0.25) is 5.91 Å². The van der Waals surface area contributed by atoms with Crippen LogP contribution in [0.3, 0.4) is 0 Å². The number of fused-ring (bicyclic) bond motifs is 1. The lowest BCUT2D eigenvalue weighted by Crippen LogP contribution is -2.42. The lowest BCUT2D eigenvalue weighted by atomic mass is 10.1. The number of amides is 2. The molecule has 3 aromatic rings. The Bertz CT molecular complexity index is 1150. The molecule has 0 aliphatic heterocycles. The molecule has 0 fully saturated rings. The van der Waals surface area contributed by atoms with Gasteiger partial charge < -0.3 is 0 Å². The second-order valence-electron chi connectivity index (χ2n) is 6.79. The van der Waals surface area contributed by atoms with Gasteiger partial charge in [0, 0.05) is 31.1 Å². The van der Waals surface area contributed by atoms with Crippen LogP contribution in [-0.4, -0.2) is 31.4 Å². The first-order valence-corrected chi connectivity index (χ1v) is 9.41. The van der Waals surface area contributed by atoms with Crippen LogP contribution in [0.15, 0.2) is 29.1 Å². The SMILES string of the molecule is CCn1nc(C(=O)NNC(=O)CCc2c(C)nn(C)c2C)c2ccccc2c1=O. The largest absolute Gasteiger partial charge is 0.290 e. The van der Waals surface area contributed by atoms with Gasteiger partial charge in [0.1, 0.15) is 0 Å². The molecule has 0 saturated heterocycles. The van der Waals surface area contributed by atoms with Crippen LogP contribution >= 0.6 is 0 Å². The van der Waals surface area contributed by atoms with Crippen LogP contribution in [0, 0.1) is 13.8 Å². The molecule has 0 unspecified atom stereocenters. The van der Waals surface area contributed by atoms with E-state index in [0.717, 1.165) is 17.0 Å². The van der Waals surface area contributed by atoms with Gasteiger partial charge >= 0.3 is 0 Å². The summed E-state index contributed by atoms with van der Waals surface area (Å²) in [6.45, 7) is 5.96. The van der Waals surface area contributed by atoms with Crippen LogP contribution in [0.4, 0.5) is 0 Å². The summed E-state index contributed by atoms with van der Waals surface area (Å²) in [7, 11) is 1.86. The molecule has 152 valence electrons. The Balaban J connectivity index is 1.70. The first-order valence-electron chi connectivity index (χ1n) is 9.41. The predicted molar refractivity (Wildman–Crippen MR) is 108 cm³/mol. The van der Waals surface area contributed by atoms with Crippen LogP contribution in [0.25, 0.3) is 10.8 Å². The highest BCUT2D eigenvalue weighted by molar-refractivity contribution is 6.05. The van der Waals surface area contributed by atoms with E-state index in [2.05, 4.69) is 21.0 Å². The van der Waals surface area contributed by atoms with E-state index in [4.69, 9.17) is 0 Å². The molecule has 0 aliphatic rings. The molecular weight excluding hydrogens is 372 g/mol. The van der Waals surface area contributed by atoms with Crippen LogP contribution < -0.4 is 16.4 Å². The number of carbonyl (C=O) groups excluding carboxylic acids is 2. The number of aromatic nitrogens is 4. The van der Waals surface area contributed by atoms with Crippen LogP contribution in [-0.2, 0) is 24.8 Å². The summed E-state index contributed by atoms with van der Waals surface area (Å²) >= 11 is 0. The van der Waals surface area contributed by atoms with Crippen LogP contribution in [0.1, 0.15) is 40.8 Å². The third-order valence-corrected chi connectivity index (χ3v) is 4.96. The minimum atomic E-state index is -0.578. The monoisotopic (exact) mass is 396 g/mol. The molecule has 3 rings (SSSR count). The van der Waals surface area contributed by atoms with Crippen molar-refractivity contribution in [1.82, 2.24) is 30.4 Å². The van der Waals surface area contributed by atoms with Crippen molar-refractivity contribution < 1.29 is 9.59 Å². The van der Waals surface area contributed by atoms with Gasteiger partial charge in [0.25, 0.3) is 11.5 Å². The molecule has 1 aromatic carbocycles. The maximum absolute atomic E-state index is 12.6. The Hall–Kier alpha value is -3.49. The van der Waals surface area contributed by atoms with E-state index in [0.29, 0.717) is 23.7 Å². The molecule has 0 aliphatic carbocycles. The molecule has 0 atom stereocenters. The van der Waals surface area contributed by atoms with E-state index >= 15 is 0 Å². The number of rotatable bonds is 5. The Morgan fingerprint density at radius 2 is 1.76 bits per heavy atom. The minimum Gasteiger partial charge on any atom is -0.273 e. The number of aryl methyl sites for hydroxylation is 3. The highest BCUT2D eigenvalue weighted by Gasteiger charge is 2.17. The van der Waals surface area contributed by atoms with Crippen molar-refractivity contribution in [2.45, 2.75) is 40.2 Å². The zero-order valence-corrected chi connectivity index (χ0v) is 16.9. The highest BCUT2D eigenvalue weighted by Crippen LogP contribution is 2.14. The van der Waals surface area contributed by atoms with Crippen molar-refractivity contribution in [1.29, 1.82) is 0 Å². The van der Waals surface area contributed by atoms with Gasteiger partial charge in [-0.25, -0.2) is 4.68 Å². The zero-order chi connectivity index (χ0) is 21.1. The van der Waals surface area contributed by atoms with E-state index < -0.39 is 5.91 Å². The average Bonchev–Trinajstić information content (AvgIpc) is 2.96. The van der Waals surface area contributed by atoms with E-state index in [9.17, 15) is 14.4 Å². The van der Waals surface area contributed by atoms with Crippen molar-refractivity contribution in [2.75, 3.05) is 0 Å². The summed E-state index contributed by atoms with van der Waals surface area (Å²) in [6.07, 6.45) is 0.728. The van der Waals surface area contributed by atoms with Gasteiger partial charge in [-0.05, 0) is 38.8 Å². The number of hydrogen-bond acceptors (Lipinski definition) is 5. The first-order chi connectivity index (χ1) is 13.8.